The van der Waals surface area contributed by atoms with Crippen LogP contribution in [0.15, 0.2) is 24.4 Å². The number of nitrogens with zero attached hydrogens (tertiary/aromatic N) is 2. The summed E-state index contributed by atoms with van der Waals surface area (Å²) < 4.78 is 0. The van der Waals surface area contributed by atoms with Crippen molar-refractivity contribution in [3.63, 3.8) is 0 Å². The first-order valence-corrected chi connectivity index (χ1v) is 5.54. The van der Waals surface area contributed by atoms with Crippen molar-refractivity contribution in [1.29, 1.82) is 0 Å². The van der Waals surface area contributed by atoms with Gasteiger partial charge in [-0.05, 0) is 45.0 Å². The fourth-order valence-corrected chi connectivity index (χ4v) is 2.42. The van der Waals surface area contributed by atoms with Crippen LogP contribution in [0.4, 0.5) is 0 Å². The fourth-order valence-electron chi connectivity index (χ4n) is 2.42. The summed E-state index contributed by atoms with van der Waals surface area (Å²) in [6.07, 6.45) is 4.28. The van der Waals surface area contributed by atoms with Crippen molar-refractivity contribution in [2.45, 2.75) is 24.8 Å². The maximum Gasteiger partial charge on any atom is 0.330 e. The smallest absolute Gasteiger partial charge is 0.330 e. The normalized spacial score (nSPS) is 26.6. The average Bonchev–Trinajstić information content (AvgIpc) is 2.30. The molecule has 0 spiro atoms. The molecule has 1 saturated heterocycles. The molecule has 1 aromatic heterocycles. The second-order valence-corrected chi connectivity index (χ2v) is 4.26. The van der Waals surface area contributed by atoms with Crippen molar-refractivity contribution < 1.29 is 9.90 Å². The Bertz CT molecular complexity index is 380. The lowest BCUT2D eigenvalue weighted by Crippen LogP contribution is -2.53. The summed E-state index contributed by atoms with van der Waals surface area (Å²) in [5.41, 5.74) is -0.288. The van der Waals surface area contributed by atoms with Gasteiger partial charge in [-0.15, -0.1) is 0 Å². The molecule has 86 valence electrons. The Kier molecular flexibility index (Phi) is 2.92. The van der Waals surface area contributed by atoms with Crippen molar-refractivity contribution in [2.75, 3.05) is 13.6 Å². The second kappa shape index (κ2) is 4.22. The van der Waals surface area contributed by atoms with E-state index in [-0.39, 0.29) is 0 Å². The van der Waals surface area contributed by atoms with Gasteiger partial charge in [0.05, 0.1) is 5.69 Å². The third kappa shape index (κ3) is 1.59. The maximum absolute atomic E-state index is 11.6. The first-order chi connectivity index (χ1) is 7.68. The number of aliphatic carboxylic acids is 1. The maximum atomic E-state index is 11.6. The number of carboxylic acid groups (broad SMARTS) is 1. The Labute approximate surface area is 94.9 Å². The summed E-state index contributed by atoms with van der Waals surface area (Å²) in [7, 11) is 1.86. The van der Waals surface area contributed by atoms with Crippen molar-refractivity contribution in [3.05, 3.63) is 30.1 Å². The van der Waals surface area contributed by atoms with Gasteiger partial charge in [0, 0.05) is 6.20 Å². The van der Waals surface area contributed by atoms with Gasteiger partial charge in [-0.25, -0.2) is 4.79 Å². The minimum absolute atomic E-state index is 0.635. The van der Waals surface area contributed by atoms with Crippen molar-refractivity contribution in [2.24, 2.45) is 0 Å². The standard InChI is InChI=1S/C12H16N2O2/c1-14-9-5-3-7-12(14,11(15)16)10-6-2-4-8-13-10/h2,4,6,8H,3,5,7,9H2,1H3,(H,15,16). The van der Waals surface area contributed by atoms with Gasteiger partial charge in [0.15, 0.2) is 5.54 Å². The van der Waals surface area contributed by atoms with Gasteiger partial charge >= 0.3 is 5.97 Å². The number of hydrogen-bond acceptors (Lipinski definition) is 3. The van der Waals surface area contributed by atoms with Crippen molar-refractivity contribution in [1.82, 2.24) is 9.88 Å². The zero-order chi connectivity index (χ0) is 11.6. The van der Waals surface area contributed by atoms with E-state index in [1.54, 1.807) is 12.3 Å². The lowest BCUT2D eigenvalue weighted by Gasteiger charge is -2.41. The van der Waals surface area contributed by atoms with Gasteiger partial charge in [-0.1, -0.05) is 6.07 Å². The molecule has 1 aliphatic heterocycles. The van der Waals surface area contributed by atoms with Crippen LogP contribution in [-0.2, 0) is 10.3 Å². The Morgan fingerprint density at radius 1 is 1.50 bits per heavy atom. The molecule has 1 aliphatic rings. The molecule has 1 N–H and O–H groups in total. The number of pyridine rings is 1. The fraction of sp³-hybridized carbons (Fsp3) is 0.500. The van der Waals surface area contributed by atoms with Crippen LogP contribution in [0.2, 0.25) is 0 Å². The van der Waals surface area contributed by atoms with Crippen LogP contribution in [0.25, 0.3) is 0 Å². The van der Waals surface area contributed by atoms with E-state index in [1.807, 2.05) is 24.1 Å². The molecule has 0 aromatic carbocycles. The molecule has 0 amide bonds. The Balaban J connectivity index is 2.46. The average molecular weight is 220 g/mol. The summed E-state index contributed by atoms with van der Waals surface area (Å²) in [4.78, 5) is 17.7. The minimum Gasteiger partial charge on any atom is -0.480 e. The number of likely N-dealkylation sites (N-methyl/N-ethyl adjacent to an activating group) is 1. The van der Waals surface area contributed by atoms with Crippen molar-refractivity contribution >= 4 is 5.97 Å². The van der Waals surface area contributed by atoms with Crippen LogP contribution in [0.1, 0.15) is 25.0 Å². The highest BCUT2D eigenvalue weighted by Gasteiger charge is 2.46. The summed E-state index contributed by atoms with van der Waals surface area (Å²) in [6, 6.07) is 5.45. The van der Waals surface area contributed by atoms with E-state index >= 15 is 0 Å². The van der Waals surface area contributed by atoms with E-state index in [0.29, 0.717) is 12.1 Å². The molecule has 0 radical (unpaired) electrons. The quantitative estimate of drug-likeness (QED) is 0.820. The molecule has 4 nitrogen and oxygen atoms in total. The molecule has 0 saturated carbocycles. The van der Waals surface area contributed by atoms with E-state index in [1.165, 1.54) is 0 Å². The predicted molar refractivity (Wildman–Crippen MR) is 60.0 cm³/mol. The topological polar surface area (TPSA) is 53.4 Å². The Morgan fingerprint density at radius 2 is 2.31 bits per heavy atom. The SMILES string of the molecule is CN1CCCCC1(C(=O)O)c1ccccn1. The van der Waals surface area contributed by atoms with Gasteiger partial charge in [0.2, 0.25) is 0 Å². The van der Waals surface area contributed by atoms with E-state index in [0.717, 1.165) is 19.4 Å². The monoisotopic (exact) mass is 220 g/mol. The lowest BCUT2D eigenvalue weighted by molar-refractivity contribution is -0.154. The molecular weight excluding hydrogens is 204 g/mol. The Morgan fingerprint density at radius 3 is 2.88 bits per heavy atom. The highest BCUT2D eigenvalue weighted by atomic mass is 16.4. The van der Waals surface area contributed by atoms with E-state index in [2.05, 4.69) is 4.98 Å². The zero-order valence-electron chi connectivity index (χ0n) is 9.39. The number of likely N-dealkylation sites (tertiary alicyclic amines) is 1. The van der Waals surface area contributed by atoms with Gasteiger partial charge in [0.25, 0.3) is 0 Å². The summed E-state index contributed by atoms with van der Waals surface area (Å²) in [5, 5.41) is 9.53. The molecule has 0 bridgehead atoms. The van der Waals surface area contributed by atoms with Gasteiger partial charge in [0.1, 0.15) is 0 Å². The second-order valence-electron chi connectivity index (χ2n) is 4.26. The molecule has 1 unspecified atom stereocenters. The number of carboxylic acids is 1. The molecule has 1 fully saturated rings. The van der Waals surface area contributed by atoms with Crippen LogP contribution in [-0.4, -0.2) is 34.6 Å². The molecule has 4 heteroatoms. The van der Waals surface area contributed by atoms with Crippen LogP contribution >= 0.6 is 0 Å². The molecule has 1 atom stereocenters. The molecular formula is C12H16N2O2. The summed E-state index contributed by atoms with van der Waals surface area (Å²) in [5.74, 6) is -0.798. The lowest BCUT2D eigenvalue weighted by atomic mass is 9.83. The number of aromatic nitrogens is 1. The first kappa shape index (κ1) is 11.1. The molecule has 16 heavy (non-hydrogen) atoms. The first-order valence-electron chi connectivity index (χ1n) is 5.54. The highest BCUT2D eigenvalue weighted by Crippen LogP contribution is 2.35. The molecule has 2 rings (SSSR count). The third-order valence-electron chi connectivity index (χ3n) is 3.38. The third-order valence-corrected chi connectivity index (χ3v) is 3.38. The highest BCUT2D eigenvalue weighted by molar-refractivity contribution is 5.80. The number of hydrogen-bond donors (Lipinski definition) is 1. The molecule has 2 heterocycles. The summed E-state index contributed by atoms with van der Waals surface area (Å²) in [6.45, 7) is 0.808. The predicted octanol–water partition coefficient (Wildman–Crippen LogP) is 1.48. The van der Waals surface area contributed by atoms with Crippen LogP contribution in [0.3, 0.4) is 0 Å². The van der Waals surface area contributed by atoms with E-state index in [9.17, 15) is 9.90 Å². The van der Waals surface area contributed by atoms with E-state index < -0.39 is 11.5 Å². The van der Waals surface area contributed by atoms with E-state index in [4.69, 9.17) is 0 Å². The Hall–Kier alpha value is -1.42. The van der Waals surface area contributed by atoms with Crippen LogP contribution in [0.5, 0.6) is 0 Å². The van der Waals surface area contributed by atoms with Gasteiger partial charge < -0.3 is 5.11 Å². The summed E-state index contributed by atoms with van der Waals surface area (Å²) >= 11 is 0. The van der Waals surface area contributed by atoms with Gasteiger partial charge in [-0.3, -0.25) is 9.88 Å². The van der Waals surface area contributed by atoms with Crippen LogP contribution in [0, 0.1) is 0 Å². The number of piperidine rings is 1. The van der Waals surface area contributed by atoms with Crippen LogP contribution < -0.4 is 0 Å². The largest absolute Gasteiger partial charge is 0.480 e. The number of carbonyl (C=O) groups is 1. The minimum atomic E-state index is -0.931. The molecule has 1 aromatic rings. The molecule has 0 aliphatic carbocycles. The van der Waals surface area contributed by atoms with Gasteiger partial charge in [-0.2, -0.15) is 0 Å². The van der Waals surface area contributed by atoms with Crippen molar-refractivity contribution in [3.8, 4) is 0 Å². The zero-order valence-corrected chi connectivity index (χ0v) is 9.39. The number of rotatable bonds is 2.